The van der Waals surface area contributed by atoms with E-state index in [1.807, 2.05) is 66.7 Å². The van der Waals surface area contributed by atoms with Crippen LogP contribution in [0.5, 0.6) is 11.5 Å². The summed E-state index contributed by atoms with van der Waals surface area (Å²) in [6.45, 7) is 13.1. The van der Waals surface area contributed by atoms with E-state index in [-0.39, 0.29) is 24.2 Å². The SMILES string of the molecule is COc1ccc(C(OCCC(O)CCNC(=O)OC2CC[C@@]3(C)C(=CCC4C3CC[C@@]3(C)C4CC[C@@H]3[C@H](C)CCCC(C)C)C2)(c2ccccc2)c2ccc(OC)cc2)cc1. The number of hydrogen-bond acceptors (Lipinski definition) is 6. The van der Waals surface area contributed by atoms with Crippen molar-refractivity contribution in [2.45, 2.75) is 136 Å². The average Bonchev–Trinajstić information content (AvgIpc) is 3.63. The number of benzene rings is 3. The number of carbonyl (C=O) groups is 1. The monoisotopic (exact) mass is 834 g/mol. The van der Waals surface area contributed by atoms with Crippen molar-refractivity contribution in [3.05, 3.63) is 107 Å². The molecule has 7 rings (SSSR count). The number of methoxy groups -OCH3 is 2. The van der Waals surface area contributed by atoms with Gasteiger partial charge < -0.3 is 29.4 Å². The van der Waals surface area contributed by atoms with E-state index in [9.17, 15) is 9.90 Å². The highest BCUT2D eigenvalue weighted by molar-refractivity contribution is 5.67. The van der Waals surface area contributed by atoms with Crippen LogP contribution in [-0.2, 0) is 15.1 Å². The molecule has 1 amide bonds. The number of aliphatic hydroxyl groups excluding tert-OH is 1. The predicted molar refractivity (Wildman–Crippen MR) is 245 cm³/mol. The maximum atomic E-state index is 13.1. The fourth-order valence-corrected chi connectivity index (χ4v) is 12.9. The van der Waals surface area contributed by atoms with Crippen LogP contribution < -0.4 is 14.8 Å². The molecule has 4 aliphatic rings. The van der Waals surface area contributed by atoms with Gasteiger partial charge in [-0.2, -0.15) is 0 Å². The van der Waals surface area contributed by atoms with Crippen molar-refractivity contribution < 1.29 is 28.8 Å². The van der Waals surface area contributed by atoms with E-state index in [0.717, 1.165) is 83.0 Å². The average molecular weight is 834 g/mol. The molecule has 3 saturated carbocycles. The number of carbonyl (C=O) groups excluding carboxylic acids is 1. The van der Waals surface area contributed by atoms with E-state index >= 15 is 0 Å². The van der Waals surface area contributed by atoms with E-state index in [0.29, 0.717) is 24.8 Å². The molecule has 61 heavy (non-hydrogen) atoms. The summed E-state index contributed by atoms with van der Waals surface area (Å²) in [5.41, 5.74) is 4.14. The molecule has 3 aromatic carbocycles. The Bertz CT molecular complexity index is 1840. The summed E-state index contributed by atoms with van der Waals surface area (Å²) in [5.74, 6) is 6.39. The van der Waals surface area contributed by atoms with Gasteiger partial charge in [0.25, 0.3) is 0 Å². The molecular formula is C54H75NO6. The first kappa shape index (κ1) is 45.2. The van der Waals surface area contributed by atoms with Gasteiger partial charge in [-0.25, -0.2) is 4.79 Å². The van der Waals surface area contributed by atoms with Gasteiger partial charge in [0.2, 0.25) is 0 Å². The van der Waals surface area contributed by atoms with Gasteiger partial charge in [-0.15, -0.1) is 0 Å². The van der Waals surface area contributed by atoms with Gasteiger partial charge >= 0.3 is 6.09 Å². The van der Waals surface area contributed by atoms with Crippen molar-refractivity contribution in [3.63, 3.8) is 0 Å². The third kappa shape index (κ3) is 9.59. The molecule has 332 valence electrons. The van der Waals surface area contributed by atoms with Crippen molar-refractivity contribution >= 4 is 6.09 Å². The molecule has 0 heterocycles. The van der Waals surface area contributed by atoms with Gasteiger partial charge in [0.15, 0.2) is 0 Å². The predicted octanol–water partition coefficient (Wildman–Crippen LogP) is 12.3. The first-order valence-electron chi connectivity index (χ1n) is 23.7. The maximum Gasteiger partial charge on any atom is 0.407 e. The van der Waals surface area contributed by atoms with Crippen LogP contribution in [0, 0.1) is 46.3 Å². The van der Waals surface area contributed by atoms with Crippen molar-refractivity contribution in [2.24, 2.45) is 46.3 Å². The van der Waals surface area contributed by atoms with Crippen LogP contribution in [0.25, 0.3) is 0 Å². The van der Waals surface area contributed by atoms with Crippen LogP contribution in [0.2, 0.25) is 0 Å². The number of fused-ring (bicyclic) bond motifs is 5. The lowest BCUT2D eigenvalue weighted by Crippen LogP contribution is -2.51. The molecular weight excluding hydrogens is 759 g/mol. The highest BCUT2D eigenvalue weighted by atomic mass is 16.6. The van der Waals surface area contributed by atoms with Gasteiger partial charge in [-0.05, 0) is 145 Å². The number of alkyl carbamates (subject to hydrolysis) is 1. The highest BCUT2D eigenvalue weighted by Gasteiger charge is 2.59. The summed E-state index contributed by atoms with van der Waals surface area (Å²) in [6, 6.07) is 26.1. The summed E-state index contributed by atoms with van der Waals surface area (Å²) < 4.78 is 23.9. The largest absolute Gasteiger partial charge is 0.497 e. The zero-order valence-corrected chi connectivity index (χ0v) is 38.3. The standard InChI is InChI=1S/C54H75NO6/c1-37(2)12-11-13-38(3)48-26-27-49-47-25-20-42-36-46(28-32-52(42,4)50(47)29-33-53(48,49)5)61-51(57)55-34-30-43(56)31-35-60-54(39-14-9-8-10-15-39,40-16-21-44(58-6)22-17-40)41-18-23-45(59-7)24-19-41/h8-10,14-24,37-38,43,46-50,56H,11-13,25-36H2,1-7H3,(H,55,57)/t38-,43?,46?,47?,48-,49?,50?,52+,53-/m1/s1. The summed E-state index contributed by atoms with van der Waals surface area (Å²) >= 11 is 0. The number of allylic oxidation sites excluding steroid dienone is 1. The van der Waals surface area contributed by atoms with Crippen LogP contribution in [0.15, 0.2) is 90.5 Å². The molecule has 2 N–H and O–H groups in total. The lowest BCUT2D eigenvalue weighted by atomic mass is 9.47. The molecule has 0 radical (unpaired) electrons. The Morgan fingerprint density at radius 2 is 1.44 bits per heavy atom. The molecule has 7 heteroatoms. The zero-order chi connectivity index (χ0) is 43.2. The van der Waals surface area contributed by atoms with E-state index in [1.54, 1.807) is 14.2 Å². The van der Waals surface area contributed by atoms with Crippen LogP contribution in [0.4, 0.5) is 4.79 Å². The normalized spacial score (nSPS) is 28.1. The number of rotatable bonds is 18. The van der Waals surface area contributed by atoms with Crippen molar-refractivity contribution in [3.8, 4) is 11.5 Å². The molecule has 0 spiro atoms. The molecule has 0 aliphatic heterocycles. The Morgan fingerprint density at radius 1 is 0.787 bits per heavy atom. The van der Waals surface area contributed by atoms with E-state index in [4.69, 9.17) is 18.9 Å². The lowest BCUT2D eigenvalue weighted by molar-refractivity contribution is -0.0581. The molecule has 9 atom stereocenters. The fraction of sp³-hybridized carbons (Fsp3) is 0.611. The van der Waals surface area contributed by atoms with Crippen LogP contribution in [0.1, 0.15) is 135 Å². The number of amides is 1. The Kier molecular flexibility index (Phi) is 14.6. The van der Waals surface area contributed by atoms with Gasteiger partial charge in [0.1, 0.15) is 23.2 Å². The molecule has 7 nitrogen and oxygen atoms in total. The minimum Gasteiger partial charge on any atom is -0.497 e. The van der Waals surface area contributed by atoms with Crippen LogP contribution >= 0.6 is 0 Å². The highest BCUT2D eigenvalue weighted by Crippen LogP contribution is 2.67. The first-order chi connectivity index (χ1) is 29.4. The maximum absolute atomic E-state index is 13.1. The molecule has 3 aromatic rings. The van der Waals surface area contributed by atoms with Crippen molar-refractivity contribution in [1.29, 1.82) is 0 Å². The smallest absolute Gasteiger partial charge is 0.407 e. The zero-order valence-electron chi connectivity index (χ0n) is 38.3. The van der Waals surface area contributed by atoms with E-state index in [2.05, 4.69) is 58.1 Å². The summed E-state index contributed by atoms with van der Waals surface area (Å²) in [4.78, 5) is 13.1. The van der Waals surface area contributed by atoms with E-state index in [1.165, 1.54) is 56.9 Å². The second-order valence-electron chi connectivity index (χ2n) is 20.1. The van der Waals surface area contributed by atoms with Crippen LogP contribution in [-0.4, -0.2) is 50.8 Å². The Hall–Kier alpha value is -3.81. The molecule has 0 saturated heterocycles. The molecule has 3 fully saturated rings. The van der Waals surface area contributed by atoms with E-state index < -0.39 is 11.7 Å². The lowest BCUT2D eigenvalue weighted by Gasteiger charge is -2.58. The van der Waals surface area contributed by atoms with Gasteiger partial charge in [-0.3, -0.25) is 0 Å². The van der Waals surface area contributed by atoms with Crippen molar-refractivity contribution in [2.75, 3.05) is 27.4 Å². The molecule has 4 aliphatic carbocycles. The number of nitrogens with one attached hydrogen (secondary N) is 1. The summed E-state index contributed by atoms with van der Waals surface area (Å²) in [7, 11) is 3.32. The van der Waals surface area contributed by atoms with Gasteiger partial charge in [0.05, 0.1) is 26.9 Å². The van der Waals surface area contributed by atoms with Crippen LogP contribution in [0.3, 0.4) is 0 Å². The fourth-order valence-electron chi connectivity index (χ4n) is 12.9. The Labute approximate surface area is 367 Å². The molecule has 5 unspecified atom stereocenters. The topological polar surface area (TPSA) is 86.2 Å². The second-order valence-corrected chi connectivity index (χ2v) is 20.1. The number of ether oxygens (including phenoxy) is 4. The Balaban J connectivity index is 0.909. The second kappa shape index (κ2) is 19.7. The number of hydrogen-bond donors (Lipinski definition) is 2. The molecule has 0 bridgehead atoms. The first-order valence-corrected chi connectivity index (χ1v) is 23.7. The third-order valence-corrected chi connectivity index (χ3v) is 16.2. The van der Waals surface area contributed by atoms with Crippen molar-refractivity contribution in [1.82, 2.24) is 5.32 Å². The third-order valence-electron chi connectivity index (χ3n) is 16.2. The minimum atomic E-state index is -0.950. The minimum absolute atomic E-state index is 0.104. The van der Waals surface area contributed by atoms with Gasteiger partial charge in [-0.1, -0.05) is 120 Å². The van der Waals surface area contributed by atoms with Gasteiger partial charge in [0, 0.05) is 13.0 Å². The number of aliphatic hydroxyl groups is 1. The summed E-state index contributed by atoms with van der Waals surface area (Å²) in [5, 5.41) is 14.1. The quantitative estimate of drug-likeness (QED) is 0.0981. The summed E-state index contributed by atoms with van der Waals surface area (Å²) in [6.07, 6.45) is 15.9. The Morgan fingerprint density at radius 3 is 2.08 bits per heavy atom. The molecule has 0 aromatic heterocycles.